The zero-order valence-corrected chi connectivity index (χ0v) is 16.5. The maximum Gasteiger partial charge on any atom is 0.280 e. The van der Waals surface area contributed by atoms with Crippen LogP contribution >= 0.6 is 0 Å². The predicted octanol–water partition coefficient (Wildman–Crippen LogP) is 2.47. The summed E-state index contributed by atoms with van der Waals surface area (Å²) in [4.78, 5) is 24.2. The van der Waals surface area contributed by atoms with Gasteiger partial charge in [0.25, 0.3) is 5.91 Å². The van der Waals surface area contributed by atoms with Gasteiger partial charge in [0, 0.05) is 6.54 Å². The normalized spacial score (nSPS) is 13.4. The number of guanidine groups is 1. The van der Waals surface area contributed by atoms with Crippen LogP contribution in [0.5, 0.6) is 0 Å². The Bertz CT molecular complexity index is 723. The van der Waals surface area contributed by atoms with Crippen molar-refractivity contribution in [3.63, 3.8) is 0 Å². The van der Waals surface area contributed by atoms with Gasteiger partial charge in [-0.25, -0.2) is 9.97 Å². The Morgan fingerprint density at radius 1 is 1.19 bits per heavy atom. The number of aliphatic imine (C=N–C) groups is 1. The van der Waals surface area contributed by atoms with E-state index in [1.165, 1.54) is 5.57 Å². The number of allylic oxidation sites excluding steroid dienone is 4. The van der Waals surface area contributed by atoms with Gasteiger partial charge < -0.3 is 17.2 Å². The summed E-state index contributed by atoms with van der Waals surface area (Å²) in [5.74, 6) is -0.356. The van der Waals surface area contributed by atoms with Gasteiger partial charge in [0.15, 0.2) is 17.5 Å². The van der Waals surface area contributed by atoms with Gasteiger partial charge in [-0.2, -0.15) is 0 Å². The van der Waals surface area contributed by atoms with Crippen LogP contribution in [0.15, 0.2) is 28.8 Å². The maximum absolute atomic E-state index is 12.1. The average Bonchev–Trinajstić information content (AvgIpc) is 2.66. The third kappa shape index (κ3) is 7.47. The number of hydrogen-bond donors (Lipinski definition) is 4. The quantitative estimate of drug-likeness (QED) is 0.342. The topological polar surface area (TPSA) is 145 Å². The Morgan fingerprint density at radius 3 is 2.59 bits per heavy atom. The lowest BCUT2D eigenvalue weighted by molar-refractivity contribution is 0.0972. The molecule has 0 spiro atoms. The van der Waals surface area contributed by atoms with Gasteiger partial charge in [-0.05, 0) is 39.0 Å². The number of carbonyl (C=O) groups excluding carboxylic acids is 1. The summed E-state index contributed by atoms with van der Waals surface area (Å²) in [5.41, 5.74) is 18.8. The van der Waals surface area contributed by atoms with E-state index in [1.807, 2.05) is 13.8 Å². The second-order valence-corrected chi connectivity index (χ2v) is 5.87. The summed E-state index contributed by atoms with van der Waals surface area (Å²) in [7, 11) is 0. The Hall–Kier alpha value is -2.90. The number of hydrogen-bond acceptors (Lipinski definition) is 6. The van der Waals surface area contributed by atoms with Crippen LogP contribution in [0.25, 0.3) is 0 Å². The Balaban J connectivity index is 0.00000176. The number of carbonyl (C=O) groups is 1. The van der Waals surface area contributed by atoms with E-state index < -0.39 is 5.91 Å². The zero-order valence-electron chi connectivity index (χ0n) is 16.5. The highest BCUT2D eigenvalue weighted by Gasteiger charge is 2.15. The van der Waals surface area contributed by atoms with E-state index in [9.17, 15) is 4.79 Å². The van der Waals surface area contributed by atoms with Gasteiger partial charge in [0.05, 0.1) is 5.69 Å². The molecule has 148 valence electrons. The maximum atomic E-state index is 12.1. The van der Waals surface area contributed by atoms with Gasteiger partial charge in [-0.3, -0.25) is 15.1 Å². The van der Waals surface area contributed by atoms with Gasteiger partial charge in [-0.15, -0.1) is 0 Å². The Kier molecular flexibility index (Phi) is 9.57. The van der Waals surface area contributed by atoms with Crippen molar-refractivity contribution in [2.45, 2.75) is 52.9 Å². The van der Waals surface area contributed by atoms with Crippen LogP contribution in [0.4, 0.5) is 11.6 Å². The second kappa shape index (κ2) is 11.7. The number of aromatic nitrogens is 2. The summed E-state index contributed by atoms with van der Waals surface area (Å²) in [6, 6.07) is 0. The molecule has 8 heteroatoms. The van der Waals surface area contributed by atoms with E-state index in [4.69, 9.17) is 17.2 Å². The smallest absolute Gasteiger partial charge is 0.280 e. The largest absolute Gasteiger partial charge is 0.382 e. The minimum Gasteiger partial charge on any atom is -0.382 e. The molecule has 0 unspecified atom stereocenters. The number of rotatable bonds is 6. The first-order valence-electron chi connectivity index (χ1n) is 9.34. The molecule has 0 atom stereocenters. The van der Waals surface area contributed by atoms with E-state index >= 15 is 0 Å². The summed E-state index contributed by atoms with van der Waals surface area (Å²) in [6.07, 6.45) is 11.9. The average molecular weight is 374 g/mol. The minimum absolute atomic E-state index is 0.0131. The molecule has 1 aliphatic carbocycles. The fourth-order valence-corrected chi connectivity index (χ4v) is 2.42. The SMILES string of the molecule is CC.Cc1nc(C(=O)NC(N)=NCCCCC2=CCCC=C2)c(N)nc1N. The first-order chi connectivity index (χ1) is 13.0. The number of aryl methyl sites for hydroxylation is 1. The molecular formula is C19H31N7O. The second-order valence-electron chi connectivity index (χ2n) is 5.87. The molecule has 1 aromatic heterocycles. The molecule has 0 saturated carbocycles. The van der Waals surface area contributed by atoms with Crippen LogP contribution in [0.3, 0.4) is 0 Å². The third-order valence-corrected chi connectivity index (χ3v) is 3.82. The van der Waals surface area contributed by atoms with E-state index in [0.717, 1.165) is 32.1 Å². The number of nitrogen functional groups attached to an aromatic ring is 2. The van der Waals surface area contributed by atoms with Crippen molar-refractivity contribution in [1.29, 1.82) is 0 Å². The van der Waals surface area contributed by atoms with Crippen LogP contribution in [-0.4, -0.2) is 28.4 Å². The van der Waals surface area contributed by atoms with E-state index in [2.05, 4.69) is 38.5 Å². The van der Waals surface area contributed by atoms with Crippen LogP contribution in [0.1, 0.15) is 62.1 Å². The third-order valence-electron chi connectivity index (χ3n) is 3.82. The number of nitrogens with one attached hydrogen (secondary N) is 1. The summed E-state index contributed by atoms with van der Waals surface area (Å²) in [5, 5.41) is 2.47. The fourth-order valence-electron chi connectivity index (χ4n) is 2.42. The molecule has 0 aromatic carbocycles. The molecule has 0 bridgehead atoms. The lowest BCUT2D eigenvalue weighted by Crippen LogP contribution is -2.38. The summed E-state index contributed by atoms with van der Waals surface area (Å²) < 4.78 is 0. The first-order valence-corrected chi connectivity index (χ1v) is 9.34. The Morgan fingerprint density at radius 2 is 1.93 bits per heavy atom. The highest BCUT2D eigenvalue weighted by molar-refractivity contribution is 6.06. The van der Waals surface area contributed by atoms with Crippen molar-refractivity contribution >= 4 is 23.5 Å². The van der Waals surface area contributed by atoms with Gasteiger partial charge >= 0.3 is 0 Å². The Labute approximate surface area is 161 Å². The molecule has 0 radical (unpaired) electrons. The lowest BCUT2D eigenvalue weighted by atomic mass is 10.0. The standard InChI is InChI=1S/C17H25N7O.C2H6/c1-11-14(18)23-15(19)13(22-11)16(25)24-17(20)21-10-6-5-9-12-7-3-2-4-8-12;1-2/h3,7-8H,2,4-6,9-10H2,1H3,(H4,18,19,23)(H3,20,21,24,25);1-2H3. The summed E-state index contributed by atoms with van der Waals surface area (Å²) in [6.45, 7) is 6.19. The van der Waals surface area contributed by atoms with Crippen molar-refractivity contribution in [1.82, 2.24) is 15.3 Å². The molecule has 1 amide bonds. The summed E-state index contributed by atoms with van der Waals surface area (Å²) >= 11 is 0. The van der Waals surface area contributed by atoms with Gasteiger partial charge in [-0.1, -0.05) is 37.6 Å². The van der Waals surface area contributed by atoms with Gasteiger partial charge in [0.2, 0.25) is 0 Å². The molecule has 2 rings (SSSR count). The van der Waals surface area contributed by atoms with Crippen molar-refractivity contribution in [3.05, 3.63) is 35.2 Å². The number of nitrogens with two attached hydrogens (primary N) is 3. The first kappa shape index (κ1) is 22.1. The zero-order chi connectivity index (χ0) is 20.2. The predicted molar refractivity (Wildman–Crippen MR) is 111 cm³/mol. The van der Waals surface area contributed by atoms with Crippen LogP contribution < -0.4 is 22.5 Å². The van der Waals surface area contributed by atoms with Crippen LogP contribution in [-0.2, 0) is 0 Å². The number of anilines is 2. The van der Waals surface area contributed by atoms with Crippen LogP contribution in [0, 0.1) is 6.92 Å². The molecular weight excluding hydrogens is 342 g/mol. The van der Waals surface area contributed by atoms with Crippen molar-refractivity contribution in [2.24, 2.45) is 10.7 Å². The van der Waals surface area contributed by atoms with E-state index in [0.29, 0.717) is 12.2 Å². The molecule has 0 fully saturated rings. The fraction of sp³-hybridized carbons (Fsp3) is 0.474. The number of amides is 1. The molecule has 1 aliphatic rings. The van der Waals surface area contributed by atoms with Crippen molar-refractivity contribution in [2.75, 3.05) is 18.0 Å². The molecule has 1 heterocycles. The van der Waals surface area contributed by atoms with Gasteiger partial charge in [0.1, 0.15) is 5.82 Å². The number of unbranched alkanes of at least 4 members (excludes halogenated alkanes) is 1. The number of nitrogens with zero attached hydrogens (tertiary/aromatic N) is 3. The highest BCUT2D eigenvalue weighted by atomic mass is 16.2. The molecule has 7 N–H and O–H groups in total. The molecule has 0 saturated heterocycles. The molecule has 27 heavy (non-hydrogen) atoms. The van der Waals surface area contributed by atoms with Crippen molar-refractivity contribution < 1.29 is 4.79 Å². The molecule has 8 nitrogen and oxygen atoms in total. The van der Waals surface area contributed by atoms with E-state index in [1.54, 1.807) is 6.92 Å². The highest BCUT2D eigenvalue weighted by Crippen LogP contribution is 2.15. The lowest BCUT2D eigenvalue weighted by Gasteiger charge is -2.08. The molecule has 1 aromatic rings. The minimum atomic E-state index is -0.549. The van der Waals surface area contributed by atoms with Crippen molar-refractivity contribution in [3.8, 4) is 0 Å². The molecule has 0 aliphatic heterocycles. The van der Waals surface area contributed by atoms with E-state index in [-0.39, 0.29) is 23.3 Å². The van der Waals surface area contributed by atoms with Crippen LogP contribution in [0.2, 0.25) is 0 Å². The monoisotopic (exact) mass is 373 g/mol.